The second-order valence-corrected chi connectivity index (χ2v) is 3.58. The third-order valence-corrected chi connectivity index (χ3v) is 2.62. The third kappa shape index (κ3) is 2.94. The van der Waals surface area contributed by atoms with Crippen molar-refractivity contribution in [3.05, 3.63) is 29.3 Å². The molecule has 0 aliphatic carbocycles. The predicted molar refractivity (Wildman–Crippen MR) is 61.2 cm³/mol. The van der Waals surface area contributed by atoms with Crippen LogP contribution in [0, 0.1) is 6.92 Å². The van der Waals surface area contributed by atoms with Gasteiger partial charge in [0.15, 0.2) is 0 Å². The number of aryl methyl sites for hydroxylation is 1. The van der Waals surface area contributed by atoms with E-state index in [9.17, 15) is 0 Å². The molecule has 15 heavy (non-hydrogen) atoms. The molecule has 0 saturated heterocycles. The van der Waals surface area contributed by atoms with Gasteiger partial charge in [0.05, 0.1) is 7.11 Å². The van der Waals surface area contributed by atoms with E-state index in [0.717, 1.165) is 12.2 Å². The molecular weight excluding hydrogens is 190 g/mol. The summed E-state index contributed by atoms with van der Waals surface area (Å²) < 4.78 is 5.15. The number of aliphatic hydroxyl groups is 1. The van der Waals surface area contributed by atoms with Crippen LogP contribution in [0.5, 0.6) is 5.75 Å². The van der Waals surface area contributed by atoms with Crippen LogP contribution < -0.4 is 10.1 Å². The summed E-state index contributed by atoms with van der Waals surface area (Å²) in [6.45, 7) is 2.25. The maximum atomic E-state index is 8.96. The Balaban J connectivity index is 2.92. The smallest absolute Gasteiger partial charge is 0.119 e. The van der Waals surface area contributed by atoms with Gasteiger partial charge >= 0.3 is 0 Å². The zero-order chi connectivity index (χ0) is 11.3. The van der Waals surface area contributed by atoms with Gasteiger partial charge in [-0.2, -0.15) is 0 Å². The first-order valence-corrected chi connectivity index (χ1v) is 5.15. The van der Waals surface area contributed by atoms with Gasteiger partial charge in [0.1, 0.15) is 5.75 Å². The Morgan fingerprint density at radius 2 is 2.20 bits per heavy atom. The van der Waals surface area contributed by atoms with Crippen LogP contribution in [-0.2, 0) is 0 Å². The van der Waals surface area contributed by atoms with E-state index in [1.165, 1.54) is 11.1 Å². The molecule has 1 aromatic rings. The minimum Gasteiger partial charge on any atom is -0.497 e. The summed E-state index contributed by atoms with van der Waals surface area (Å²) in [4.78, 5) is 0. The molecule has 0 aliphatic heterocycles. The molecule has 2 N–H and O–H groups in total. The number of methoxy groups -OCH3 is 1. The molecule has 1 aromatic carbocycles. The van der Waals surface area contributed by atoms with Crippen LogP contribution in [0.4, 0.5) is 0 Å². The lowest BCUT2D eigenvalue weighted by atomic mass is 9.99. The quantitative estimate of drug-likeness (QED) is 0.774. The number of benzene rings is 1. The number of nitrogens with one attached hydrogen (secondary N) is 1. The van der Waals surface area contributed by atoms with E-state index >= 15 is 0 Å². The standard InChI is InChI=1S/C12H19NO2/c1-9-8-10(15-3)4-5-11(9)12(13-2)6-7-14/h4-5,8,12-14H,6-7H2,1-3H3. The van der Waals surface area contributed by atoms with Gasteiger partial charge in [0.2, 0.25) is 0 Å². The molecule has 3 heteroatoms. The van der Waals surface area contributed by atoms with Crippen molar-refractivity contribution in [3.8, 4) is 5.75 Å². The van der Waals surface area contributed by atoms with Crippen molar-refractivity contribution >= 4 is 0 Å². The van der Waals surface area contributed by atoms with E-state index in [-0.39, 0.29) is 12.6 Å². The summed E-state index contributed by atoms with van der Waals surface area (Å²) in [5.41, 5.74) is 2.40. The number of ether oxygens (including phenoxy) is 1. The second kappa shape index (κ2) is 5.73. The number of aliphatic hydroxyl groups excluding tert-OH is 1. The first-order chi connectivity index (χ1) is 7.22. The highest BCUT2D eigenvalue weighted by molar-refractivity contribution is 5.36. The molecule has 1 unspecified atom stereocenters. The van der Waals surface area contributed by atoms with Crippen molar-refractivity contribution in [2.24, 2.45) is 0 Å². The van der Waals surface area contributed by atoms with Crippen LogP contribution >= 0.6 is 0 Å². The Kier molecular flexibility index (Phi) is 4.59. The Morgan fingerprint density at radius 3 is 2.67 bits per heavy atom. The van der Waals surface area contributed by atoms with Crippen LogP contribution in [0.15, 0.2) is 18.2 Å². The molecule has 0 amide bonds. The van der Waals surface area contributed by atoms with Crippen LogP contribution in [0.3, 0.4) is 0 Å². The molecule has 0 fully saturated rings. The summed E-state index contributed by atoms with van der Waals surface area (Å²) in [7, 11) is 3.57. The van der Waals surface area contributed by atoms with Crippen molar-refractivity contribution in [1.29, 1.82) is 0 Å². The van der Waals surface area contributed by atoms with Crippen LogP contribution in [0.1, 0.15) is 23.6 Å². The molecule has 1 rings (SSSR count). The van der Waals surface area contributed by atoms with E-state index in [2.05, 4.69) is 12.2 Å². The number of hydrogen-bond donors (Lipinski definition) is 2. The fraction of sp³-hybridized carbons (Fsp3) is 0.500. The molecule has 0 aromatic heterocycles. The normalized spacial score (nSPS) is 12.5. The van der Waals surface area contributed by atoms with Gasteiger partial charge in [-0.3, -0.25) is 0 Å². The first-order valence-electron chi connectivity index (χ1n) is 5.15. The molecular formula is C12H19NO2. The van der Waals surface area contributed by atoms with Gasteiger partial charge in [-0.1, -0.05) is 6.07 Å². The van der Waals surface area contributed by atoms with Crippen molar-refractivity contribution < 1.29 is 9.84 Å². The lowest BCUT2D eigenvalue weighted by molar-refractivity contribution is 0.268. The highest BCUT2D eigenvalue weighted by atomic mass is 16.5. The summed E-state index contributed by atoms with van der Waals surface area (Å²) in [5.74, 6) is 0.870. The third-order valence-electron chi connectivity index (χ3n) is 2.62. The summed E-state index contributed by atoms with van der Waals surface area (Å²) in [6.07, 6.45) is 0.726. The van der Waals surface area contributed by atoms with E-state index in [4.69, 9.17) is 9.84 Å². The fourth-order valence-corrected chi connectivity index (χ4v) is 1.75. The Labute approximate surface area is 91.1 Å². The number of hydrogen-bond acceptors (Lipinski definition) is 3. The molecule has 0 spiro atoms. The first kappa shape index (κ1) is 12.0. The largest absolute Gasteiger partial charge is 0.497 e. The SMILES string of the molecule is CNC(CCO)c1ccc(OC)cc1C. The average molecular weight is 209 g/mol. The Morgan fingerprint density at radius 1 is 1.47 bits per heavy atom. The topological polar surface area (TPSA) is 41.5 Å². The van der Waals surface area contributed by atoms with E-state index in [1.54, 1.807) is 7.11 Å². The lowest BCUT2D eigenvalue weighted by Crippen LogP contribution is -2.18. The summed E-state index contributed by atoms with van der Waals surface area (Å²) in [5, 5.41) is 12.2. The summed E-state index contributed by atoms with van der Waals surface area (Å²) >= 11 is 0. The van der Waals surface area contributed by atoms with Crippen LogP contribution in [0.2, 0.25) is 0 Å². The predicted octanol–water partition coefficient (Wildman–Crippen LogP) is 1.65. The molecule has 84 valence electrons. The minimum absolute atomic E-state index is 0.191. The van der Waals surface area contributed by atoms with Crippen molar-refractivity contribution in [2.45, 2.75) is 19.4 Å². The van der Waals surface area contributed by atoms with Gasteiger partial charge < -0.3 is 15.2 Å². The van der Waals surface area contributed by atoms with Gasteiger partial charge in [0.25, 0.3) is 0 Å². The van der Waals surface area contributed by atoms with Crippen LogP contribution in [0.25, 0.3) is 0 Å². The van der Waals surface area contributed by atoms with Crippen molar-refractivity contribution in [3.63, 3.8) is 0 Å². The van der Waals surface area contributed by atoms with E-state index in [1.807, 2.05) is 25.2 Å². The second-order valence-electron chi connectivity index (χ2n) is 3.58. The molecule has 0 heterocycles. The molecule has 1 atom stereocenters. The zero-order valence-corrected chi connectivity index (χ0v) is 9.58. The monoisotopic (exact) mass is 209 g/mol. The van der Waals surface area contributed by atoms with E-state index < -0.39 is 0 Å². The van der Waals surface area contributed by atoms with Gasteiger partial charge in [-0.25, -0.2) is 0 Å². The van der Waals surface area contributed by atoms with Gasteiger partial charge in [-0.15, -0.1) is 0 Å². The maximum Gasteiger partial charge on any atom is 0.119 e. The molecule has 0 bridgehead atoms. The fourth-order valence-electron chi connectivity index (χ4n) is 1.75. The lowest BCUT2D eigenvalue weighted by Gasteiger charge is -2.18. The maximum absolute atomic E-state index is 8.96. The molecule has 0 aliphatic rings. The number of rotatable bonds is 5. The van der Waals surface area contributed by atoms with Gasteiger partial charge in [0, 0.05) is 12.6 Å². The van der Waals surface area contributed by atoms with Crippen LogP contribution in [-0.4, -0.2) is 25.9 Å². The Bertz CT molecular complexity index is 312. The average Bonchev–Trinajstić information content (AvgIpc) is 2.26. The zero-order valence-electron chi connectivity index (χ0n) is 9.58. The Hall–Kier alpha value is -1.06. The molecule has 0 radical (unpaired) electrons. The van der Waals surface area contributed by atoms with E-state index in [0.29, 0.717) is 0 Å². The molecule has 0 saturated carbocycles. The van der Waals surface area contributed by atoms with Gasteiger partial charge in [-0.05, 0) is 43.7 Å². The minimum atomic E-state index is 0.191. The van der Waals surface area contributed by atoms with Crippen molar-refractivity contribution in [2.75, 3.05) is 20.8 Å². The summed E-state index contributed by atoms with van der Waals surface area (Å²) in [6, 6.07) is 6.22. The molecule has 3 nitrogen and oxygen atoms in total. The highest BCUT2D eigenvalue weighted by Crippen LogP contribution is 2.24. The highest BCUT2D eigenvalue weighted by Gasteiger charge is 2.11. The van der Waals surface area contributed by atoms with Crippen molar-refractivity contribution in [1.82, 2.24) is 5.32 Å².